The molecule has 0 aromatic heterocycles. The molecule has 1 unspecified atom stereocenters. The van der Waals surface area contributed by atoms with Crippen molar-refractivity contribution in [3.05, 3.63) is 28.8 Å². The fraction of sp³-hybridized carbons (Fsp3) is 0.500. The van der Waals surface area contributed by atoms with Gasteiger partial charge >= 0.3 is 0 Å². The van der Waals surface area contributed by atoms with Gasteiger partial charge in [-0.15, -0.1) is 12.4 Å². The summed E-state index contributed by atoms with van der Waals surface area (Å²) >= 11 is 6.06. The number of carbonyl (C=O) groups is 1. The van der Waals surface area contributed by atoms with Crippen molar-refractivity contribution < 1.29 is 9.00 Å². The number of rotatable bonds is 4. The van der Waals surface area contributed by atoms with Gasteiger partial charge in [-0.05, 0) is 36.6 Å². The summed E-state index contributed by atoms with van der Waals surface area (Å²) in [5.41, 5.74) is 6.77. The summed E-state index contributed by atoms with van der Waals surface area (Å²) in [6.07, 6.45) is 5.04. The average molecular weight is 351 g/mol. The molecule has 1 amide bonds. The molecule has 1 aliphatic carbocycles. The largest absolute Gasteiger partial charge is 0.324 e. The highest BCUT2D eigenvalue weighted by Gasteiger charge is 2.36. The molecule has 1 atom stereocenters. The molecule has 1 aliphatic rings. The van der Waals surface area contributed by atoms with E-state index in [2.05, 4.69) is 5.32 Å². The Morgan fingerprint density at radius 3 is 2.62 bits per heavy atom. The third-order valence-electron chi connectivity index (χ3n) is 3.61. The van der Waals surface area contributed by atoms with Crippen LogP contribution in [0.3, 0.4) is 0 Å². The van der Waals surface area contributed by atoms with Gasteiger partial charge in [-0.3, -0.25) is 9.00 Å². The Morgan fingerprint density at radius 2 is 2.05 bits per heavy atom. The molecule has 0 aliphatic heterocycles. The summed E-state index contributed by atoms with van der Waals surface area (Å²) in [7, 11) is -0.980. The fourth-order valence-electron chi connectivity index (χ4n) is 2.47. The zero-order valence-corrected chi connectivity index (χ0v) is 14.2. The van der Waals surface area contributed by atoms with Crippen molar-refractivity contribution >= 4 is 46.4 Å². The topological polar surface area (TPSA) is 72.2 Å². The van der Waals surface area contributed by atoms with E-state index in [1.807, 2.05) is 0 Å². The molecule has 0 bridgehead atoms. The molecule has 118 valence electrons. The zero-order valence-electron chi connectivity index (χ0n) is 11.9. The number of anilines is 1. The van der Waals surface area contributed by atoms with E-state index < -0.39 is 16.3 Å². The Balaban J connectivity index is 0.00000220. The minimum atomic E-state index is -0.980. The van der Waals surface area contributed by atoms with Crippen LogP contribution >= 0.6 is 24.0 Å². The molecule has 7 heteroatoms. The van der Waals surface area contributed by atoms with E-state index in [4.69, 9.17) is 17.3 Å². The lowest BCUT2D eigenvalue weighted by Gasteiger charge is -2.22. The molecule has 1 aromatic carbocycles. The maximum absolute atomic E-state index is 12.2. The number of hydrogen-bond acceptors (Lipinski definition) is 3. The molecule has 1 saturated carbocycles. The fourth-order valence-corrected chi connectivity index (χ4v) is 3.41. The van der Waals surface area contributed by atoms with Crippen LogP contribution in [0.5, 0.6) is 0 Å². The third kappa shape index (κ3) is 4.68. The van der Waals surface area contributed by atoms with Gasteiger partial charge in [0, 0.05) is 33.5 Å². The molecular formula is C14H20Cl2N2O2S. The van der Waals surface area contributed by atoms with Crippen molar-refractivity contribution in [1.82, 2.24) is 0 Å². The smallest absolute Gasteiger partial charge is 0.244 e. The van der Waals surface area contributed by atoms with E-state index in [9.17, 15) is 9.00 Å². The summed E-state index contributed by atoms with van der Waals surface area (Å²) in [6.45, 7) is 0. The van der Waals surface area contributed by atoms with Crippen LogP contribution in [-0.4, -0.2) is 21.9 Å². The predicted molar refractivity (Wildman–Crippen MR) is 90.5 cm³/mol. The van der Waals surface area contributed by atoms with Crippen molar-refractivity contribution in [2.45, 2.75) is 37.0 Å². The van der Waals surface area contributed by atoms with Crippen LogP contribution in [0.25, 0.3) is 0 Å². The normalized spacial score (nSPS) is 17.9. The van der Waals surface area contributed by atoms with E-state index in [0.717, 1.165) is 31.2 Å². The Bertz CT molecular complexity index is 546. The highest BCUT2D eigenvalue weighted by Crippen LogP contribution is 2.29. The third-order valence-corrected chi connectivity index (χ3v) is 4.70. The van der Waals surface area contributed by atoms with Gasteiger partial charge < -0.3 is 11.1 Å². The van der Waals surface area contributed by atoms with Crippen LogP contribution in [0.2, 0.25) is 5.02 Å². The van der Waals surface area contributed by atoms with Crippen LogP contribution < -0.4 is 11.1 Å². The molecule has 0 radical (unpaired) electrons. The standard InChI is InChI=1S/C14H19ClN2O2S.ClH/c1-20(19)9-10-8-11(4-5-12(10)15)17-13(18)14(16)6-2-3-7-14;/h4-5,8H,2-3,6-7,9,16H2,1H3,(H,17,18);1H. The van der Waals surface area contributed by atoms with Gasteiger partial charge in [0.1, 0.15) is 0 Å². The van der Waals surface area contributed by atoms with Crippen LogP contribution in [0.1, 0.15) is 31.2 Å². The molecule has 21 heavy (non-hydrogen) atoms. The van der Waals surface area contributed by atoms with Gasteiger partial charge in [0.2, 0.25) is 5.91 Å². The SMILES string of the molecule is CS(=O)Cc1cc(NC(=O)C2(N)CCCC2)ccc1Cl.Cl. The molecule has 0 heterocycles. The van der Waals surface area contributed by atoms with Crippen LogP contribution in [0.4, 0.5) is 5.69 Å². The number of amides is 1. The van der Waals surface area contributed by atoms with Crippen LogP contribution in [0, 0.1) is 0 Å². The molecule has 0 spiro atoms. The summed E-state index contributed by atoms with van der Waals surface area (Å²) in [6, 6.07) is 5.21. The second-order valence-corrected chi connectivity index (χ2v) is 7.18. The predicted octanol–water partition coefficient (Wildman–Crippen LogP) is 2.85. The van der Waals surface area contributed by atoms with Gasteiger partial charge in [-0.25, -0.2) is 0 Å². The molecular weight excluding hydrogens is 331 g/mol. The van der Waals surface area contributed by atoms with Gasteiger partial charge in [0.25, 0.3) is 0 Å². The van der Waals surface area contributed by atoms with Gasteiger partial charge in [-0.1, -0.05) is 24.4 Å². The molecule has 1 aromatic rings. The summed E-state index contributed by atoms with van der Waals surface area (Å²) < 4.78 is 11.3. The number of halogens is 2. The minimum Gasteiger partial charge on any atom is -0.324 e. The quantitative estimate of drug-likeness (QED) is 0.876. The van der Waals surface area contributed by atoms with Crippen molar-refractivity contribution in [3.8, 4) is 0 Å². The van der Waals surface area contributed by atoms with E-state index in [1.165, 1.54) is 0 Å². The van der Waals surface area contributed by atoms with Crippen molar-refractivity contribution in [2.24, 2.45) is 5.73 Å². The maximum atomic E-state index is 12.2. The van der Waals surface area contributed by atoms with Crippen molar-refractivity contribution in [3.63, 3.8) is 0 Å². The first-order valence-electron chi connectivity index (χ1n) is 6.59. The Hall–Kier alpha value is -0.620. The number of carbonyl (C=O) groups excluding carboxylic acids is 1. The number of benzene rings is 1. The lowest BCUT2D eigenvalue weighted by Crippen LogP contribution is -2.48. The number of nitrogens with two attached hydrogens (primary N) is 1. The molecule has 2 rings (SSSR count). The molecule has 1 fully saturated rings. The first-order valence-corrected chi connectivity index (χ1v) is 8.70. The monoisotopic (exact) mass is 350 g/mol. The molecule has 0 saturated heterocycles. The Morgan fingerprint density at radius 1 is 1.43 bits per heavy atom. The zero-order chi connectivity index (χ0) is 14.8. The molecule has 3 N–H and O–H groups in total. The van der Waals surface area contributed by atoms with E-state index >= 15 is 0 Å². The van der Waals surface area contributed by atoms with Gasteiger partial charge in [0.05, 0.1) is 5.54 Å². The minimum absolute atomic E-state index is 0. The first-order chi connectivity index (χ1) is 9.40. The maximum Gasteiger partial charge on any atom is 0.244 e. The second kappa shape index (κ2) is 7.58. The van der Waals surface area contributed by atoms with Crippen molar-refractivity contribution in [2.75, 3.05) is 11.6 Å². The van der Waals surface area contributed by atoms with Crippen LogP contribution in [-0.2, 0) is 21.3 Å². The van der Waals surface area contributed by atoms with Crippen LogP contribution in [0.15, 0.2) is 18.2 Å². The lowest BCUT2D eigenvalue weighted by molar-refractivity contribution is -0.121. The average Bonchev–Trinajstić information content (AvgIpc) is 2.81. The first kappa shape index (κ1) is 18.4. The van der Waals surface area contributed by atoms with Gasteiger partial charge in [0.15, 0.2) is 0 Å². The van der Waals surface area contributed by atoms with E-state index in [-0.39, 0.29) is 18.3 Å². The molecule has 4 nitrogen and oxygen atoms in total. The Labute approximate surface area is 138 Å². The highest BCUT2D eigenvalue weighted by atomic mass is 35.5. The van der Waals surface area contributed by atoms with Crippen molar-refractivity contribution in [1.29, 1.82) is 0 Å². The second-order valence-electron chi connectivity index (χ2n) is 5.34. The lowest BCUT2D eigenvalue weighted by atomic mass is 9.98. The van der Waals surface area contributed by atoms with E-state index in [0.29, 0.717) is 16.5 Å². The number of nitrogens with one attached hydrogen (secondary N) is 1. The Kier molecular flexibility index (Phi) is 6.66. The summed E-state index contributed by atoms with van der Waals surface area (Å²) in [4.78, 5) is 12.2. The van der Waals surface area contributed by atoms with Gasteiger partial charge in [-0.2, -0.15) is 0 Å². The van der Waals surface area contributed by atoms with E-state index in [1.54, 1.807) is 24.5 Å². The summed E-state index contributed by atoms with van der Waals surface area (Å²) in [5, 5.41) is 3.40. The number of hydrogen-bond donors (Lipinski definition) is 2. The summed E-state index contributed by atoms with van der Waals surface area (Å²) in [5.74, 6) is 0.219. The highest BCUT2D eigenvalue weighted by molar-refractivity contribution is 7.83.